The van der Waals surface area contributed by atoms with Gasteiger partial charge in [-0.05, 0) is 24.3 Å². The molecule has 0 aliphatic rings. The summed E-state index contributed by atoms with van der Waals surface area (Å²) in [6, 6.07) is 13.3. The zero-order valence-electron chi connectivity index (χ0n) is 11.0. The summed E-state index contributed by atoms with van der Waals surface area (Å²) in [6.07, 6.45) is 0. The molecule has 0 amide bonds. The van der Waals surface area contributed by atoms with Crippen molar-refractivity contribution in [1.29, 1.82) is 0 Å². The molecule has 0 unspecified atom stereocenters. The van der Waals surface area contributed by atoms with Crippen LogP contribution in [0.3, 0.4) is 0 Å². The molecule has 2 N–H and O–H groups in total. The lowest BCUT2D eigenvalue weighted by Gasteiger charge is -2.10. The van der Waals surface area contributed by atoms with Gasteiger partial charge < -0.3 is 14.5 Å². The Morgan fingerprint density at radius 2 is 2.10 bits per heavy atom. The second-order valence-corrected chi connectivity index (χ2v) is 4.39. The van der Waals surface area contributed by atoms with Crippen LogP contribution in [-0.2, 0) is 6.54 Å². The molecular weight excluding hydrogens is 256 g/mol. The molecule has 0 aliphatic carbocycles. The summed E-state index contributed by atoms with van der Waals surface area (Å²) in [4.78, 5) is 13.7. The lowest BCUT2D eigenvalue weighted by atomic mass is 10.2. The molecule has 5 nitrogen and oxygen atoms in total. The largest absolute Gasteiger partial charge is 0.496 e. The fourth-order valence-electron chi connectivity index (χ4n) is 2.11. The van der Waals surface area contributed by atoms with Gasteiger partial charge in [0.05, 0.1) is 12.6 Å². The average molecular weight is 270 g/mol. The molecule has 0 radical (unpaired) electrons. The van der Waals surface area contributed by atoms with E-state index in [9.17, 15) is 4.79 Å². The molecule has 0 saturated heterocycles. The van der Waals surface area contributed by atoms with Gasteiger partial charge in [-0.25, -0.2) is 4.79 Å². The van der Waals surface area contributed by atoms with E-state index < -0.39 is 5.76 Å². The van der Waals surface area contributed by atoms with Crippen molar-refractivity contribution < 1.29 is 9.15 Å². The van der Waals surface area contributed by atoms with Crippen LogP contribution in [0.2, 0.25) is 0 Å². The van der Waals surface area contributed by atoms with Crippen LogP contribution in [0.15, 0.2) is 51.7 Å². The normalized spacial score (nSPS) is 10.7. The highest BCUT2D eigenvalue weighted by Crippen LogP contribution is 2.20. The number of aromatic amines is 1. The summed E-state index contributed by atoms with van der Waals surface area (Å²) >= 11 is 0. The van der Waals surface area contributed by atoms with Crippen molar-refractivity contribution in [2.45, 2.75) is 6.54 Å². The lowest BCUT2D eigenvalue weighted by Crippen LogP contribution is -2.01. The quantitative estimate of drug-likeness (QED) is 0.765. The maximum Gasteiger partial charge on any atom is 0.417 e. The predicted molar refractivity (Wildman–Crippen MR) is 77.2 cm³/mol. The predicted octanol–water partition coefficient (Wildman–Crippen LogP) is 2.74. The molecule has 0 saturated carbocycles. The van der Waals surface area contributed by atoms with Gasteiger partial charge in [-0.2, -0.15) is 0 Å². The van der Waals surface area contributed by atoms with Gasteiger partial charge in [-0.1, -0.05) is 18.2 Å². The van der Waals surface area contributed by atoms with Crippen LogP contribution in [0.4, 0.5) is 5.69 Å². The van der Waals surface area contributed by atoms with Crippen molar-refractivity contribution >= 4 is 16.8 Å². The minimum absolute atomic E-state index is 0.443. The summed E-state index contributed by atoms with van der Waals surface area (Å²) in [5.74, 6) is 0.402. The molecular formula is C15H14N2O3. The number of para-hydroxylation sites is 1. The SMILES string of the molecule is COc1ccccc1CNc1ccc2oc(=O)[nH]c2c1. The average Bonchev–Trinajstić information content (AvgIpc) is 2.84. The highest BCUT2D eigenvalue weighted by molar-refractivity contribution is 5.76. The first-order valence-electron chi connectivity index (χ1n) is 6.25. The van der Waals surface area contributed by atoms with E-state index >= 15 is 0 Å². The molecule has 0 fully saturated rings. The molecule has 0 atom stereocenters. The van der Waals surface area contributed by atoms with Gasteiger partial charge in [0.15, 0.2) is 5.58 Å². The zero-order valence-corrected chi connectivity index (χ0v) is 11.0. The fraction of sp³-hybridized carbons (Fsp3) is 0.133. The standard InChI is InChI=1S/C15H14N2O3/c1-19-13-5-3-2-4-10(13)9-16-11-6-7-14-12(8-11)17-15(18)20-14/h2-8,16H,9H2,1H3,(H,17,18). The van der Waals surface area contributed by atoms with E-state index in [1.54, 1.807) is 13.2 Å². The summed E-state index contributed by atoms with van der Waals surface area (Å²) in [5.41, 5.74) is 3.20. The Labute approximate surface area is 115 Å². The molecule has 0 bridgehead atoms. The number of benzene rings is 2. The van der Waals surface area contributed by atoms with Gasteiger partial charge in [0.1, 0.15) is 5.75 Å². The number of nitrogens with one attached hydrogen (secondary N) is 2. The van der Waals surface area contributed by atoms with Crippen molar-refractivity contribution in [3.8, 4) is 5.75 Å². The summed E-state index contributed by atoms with van der Waals surface area (Å²) in [7, 11) is 1.65. The molecule has 1 heterocycles. The van der Waals surface area contributed by atoms with E-state index in [1.807, 2.05) is 36.4 Å². The zero-order chi connectivity index (χ0) is 13.9. The Morgan fingerprint density at radius 1 is 1.25 bits per heavy atom. The van der Waals surface area contributed by atoms with E-state index in [1.165, 1.54) is 0 Å². The van der Waals surface area contributed by atoms with Crippen molar-refractivity contribution in [2.24, 2.45) is 0 Å². The van der Waals surface area contributed by atoms with Crippen molar-refractivity contribution in [1.82, 2.24) is 4.98 Å². The number of hydrogen-bond donors (Lipinski definition) is 2. The first-order valence-corrected chi connectivity index (χ1v) is 6.25. The third-order valence-corrected chi connectivity index (χ3v) is 3.09. The number of fused-ring (bicyclic) bond motifs is 1. The van der Waals surface area contributed by atoms with Gasteiger partial charge in [0, 0.05) is 17.8 Å². The first kappa shape index (κ1) is 12.3. The highest BCUT2D eigenvalue weighted by Gasteiger charge is 2.04. The molecule has 2 aromatic carbocycles. The van der Waals surface area contributed by atoms with Gasteiger partial charge in [0.2, 0.25) is 0 Å². The maximum absolute atomic E-state index is 11.1. The fourth-order valence-corrected chi connectivity index (χ4v) is 2.11. The number of H-pyrrole nitrogens is 1. The second-order valence-electron chi connectivity index (χ2n) is 4.39. The molecule has 3 aromatic rings. The number of methoxy groups -OCH3 is 1. The molecule has 3 rings (SSSR count). The summed E-state index contributed by atoms with van der Waals surface area (Å²) in [5, 5.41) is 3.29. The molecule has 1 aromatic heterocycles. The minimum atomic E-state index is -0.443. The van der Waals surface area contributed by atoms with Crippen molar-refractivity contribution in [2.75, 3.05) is 12.4 Å². The molecule has 0 aliphatic heterocycles. The van der Waals surface area contributed by atoms with Crippen LogP contribution in [0, 0.1) is 0 Å². The van der Waals surface area contributed by atoms with Crippen molar-refractivity contribution in [3.05, 3.63) is 58.6 Å². The number of hydrogen-bond acceptors (Lipinski definition) is 4. The van der Waals surface area contributed by atoms with E-state index in [-0.39, 0.29) is 0 Å². The van der Waals surface area contributed by atoms with E-state index in [2.05, 4.69) is 10.3 Å². The Morgan fingerprint density at radius 3 is 2.95 bits per heavy atom. The monoisotopic (exact) mass is 270 g/mol. The Bertz CT molecular complexity index is 789. The summed E-state index contributed by atoms with van der Waals surface area (Å²) < 4.78 is 10.3. The van der Waals surface area contributed by atoms with E-state index in [4.69, 9.17) is 9.15 Å². The second kappa shape index (κ2) is 5.13. The van der Waals surface area contributed by atoms with Crippen LogP contribution in [-0.4, -0.2) is 12.1 Å². The van der Waals surface area contributed by atoms with E-state index in [0.29, 0.717) is 17.6 Å². The van der Waals surface area contributed by atoms with Gasteiger partial charge >= 0.3 is 5.76 Å². The van der Waals surface area contributed by atoms with Gasteiger partial charge in [-0.3, -0.25) is 4.98 Å². The topological polar surface area (TPSA) is 67.3 Å². The first-order chi connectivity index (χ1) is 9.76. The minimum Gasteiger partial charge on any atom is -0.496 e. The van der Waals surface area contributed by atoms with Crippen LogP contribution < -0.4 is 15.8 Å². The third kappa shape index (κ3) is 2.38. The smallest absolute Gasteiger partial charge is 0.417 e. The number of rotatable bonds is 4. The maximum atomic E-state index is 11.1. The lowest BCUT2D eigenvalue weighted by molar-refractivity contribution is 0.410. The number of aromatic nitrogens is 1. The highest BCUT2D eigenvalue weighted by atomic mass is 16.5. The van der Waals surface area contributed by atoms with Crippen LogP contribution >= 0.6 is 0 Å². The number of anilines is 1. The Kier molecular flexibility index (Phi) is 3.16. The molecule has 102 valence electrons. The summed E-state index contributed by atoms with van der Waals surface area (Å²) in [6.45, 7) is 0.637. The molecule has 5 heteroatoms. The third-order valence-electron chi connectivity index (χ3n) is 3.09. The van der Waals surface area contributed by atoms with Gasteiger partial charge in [-0.15, -0.1) is 0 Å². The van der Waals surface area contributed by atoms with Crippen LogP contribution in [0.25, 0.3) is 11.1 Å². The molecule has 20 heavy (non-hydrogen) atoms. The Hall–Kier alpha value is -2.69. The molecule has 0 spiro atoms. The number of ether oxygens (including phenoxy) is 1. The van der Waals surface area contributed by atoms with E-state index in [0.717, 1.165) is 17.0 Å². The van der Waals surface area contributed by atoms with Crippen molar-refractivity contribution in [3.63, 3.8) is 0 Å². The van der Waals surface area contributed by atoms with Crippen LogP contribution in [0.5, 0.6) is 5.75 Å². The van der Waals surface area contributed by atoms with Gasteiger partial charge in [0.25, 0.3) is 0 Å². The Balaban J connectivity index is 1.81. The number of oxazole rings is 1. The van der Waals surface area contributed by atoms with Crippen LogP contribution in [0.1, 0.15) is 5.56 Å².